The number of aliphatic hydroxyl groups is 1. The zero-order valence-electron chi connectivity index (χ0n) is 13.7. The van der Waals surface area contributed by atoms with Gasteiger partial charge in [-0.15, -0.1) is 4.33 Å². The van der Waals surface area contributed by atoms with Gasteiger partial charge in [-0.05, 0) is 25.0 Å². The first-order valence-corrected chi connectivity index (χ1v) is 8.56. The number of aliphatic hydroxyl groups excluding tert-OH is 1. The van der Waals surface area contributed by atoms with E-state index in [1.165, 1.54) is 0 Å². The van der Waals surface area contributed by atoms with Gasteiger partial charge in [0.15, 0.2) is 11.5 Å². The van der Waals surface area contributed by atoms with Crippen molar-refractivity contribution in [2.45, 2.75) is 44.1 Å². The van der Waals surface area contributed by atoms with Crippen LogP contribution in [0.2, 0.25) is 0 Å². The molecule has 0 amide bonds. The lowest BCUT2D eigenvalue weighted by molar-refractivity contribution is -0.225. The van der Waals surface area contributed by atoms with Gasteiger partial charge in [0.05, 0.1) is 18.1 Å². The van der Waals surface area contributed by atoms with E-state index in [-0.39, 0.29) is 18.1 Å². The van der Waals surface area contributed by atoms with Crippen LogP contribution in [0.15, 0.2) is 30.3 Å². The molecule has 1 N–H and O–H groups in total. The summed E-state index contributed by atoms with van der Waals surface area (Å²) in [5, 5.41) is 10.5. The maximum Gasteiger partial charge on any atom is 0.319 e. The van der Waals surface area contributed by atoms with E-state index in [9.17, 15) is 14.7 Å². The van der Waals surface area contributed by atoms with Crippen LogP contribution in [-0.2, 0) is 18.7 Å². The van der Waals surface area contributed by atoms with Gasteiger partial charge in [0.25, 0.3) is 0 Å². The molecule has 2 fully saturated rings. The lowest BCUT2D eigenvalue weighted by atomic mass is 9.69. The molecule has 1 heterocycles. The summed E-state index contributed by atoms with van der Waals surface area (Å²) in [5.74, 6) is -0.379. The highest BCUT2D eigenvalue weighted by Gasteiger charge is 2.76. The average Bonchev–Trinajstić information content (AvgIpc) is 2.73. The lowest BCUT2D eigenvalue weighted by Gasteiger charge is -2.48. The third-order valence-electron chi connectivity index (χ3n) is 4.82. The first kappa shape index (κ1) is 17.3. The molecular weight excluding hydrogens is 332 g/mol. The van der Waals surface area contributed by atoms with Crippen LogP contribution in [0.1, 0.15) is 27.2 Å². The second-order valence-corrected chi connectivity index (χ2v) is 7.92. The highest BCUT2D eigenvalue weighted by atomic mass is 32.2. The summed E-state index contributed by atoms with van der Waals surface area (Å²) in [6.07, 6.45) is -1.72. The number of Topliss-reactive ketones (excluding diaryl/α,β-unsaturated/α-hetero) is 1. The maximum atomic E-state index is 12.6. The number of benzene rings is 1. The molecule has 0 aromatic heterocycles. The Bertz CT molecular complexity index is 648. The number of hydrogen-bond donors (Lipinski definition) is 1. The van der Waals surface area contributed by atoms with Gasteiger partial charge >= 0.3 is 5.97 Å². The predicted octanol–water partition coefficient (Wildman–Crippen LogP) is 2.31. The predicted molar refractivity (Wildman–Crippen MR) is 86.9 cm³/mol. The van der Waals surface area contributed by atoms with Gasteiger partial charge in [-0.1, -0.05) is 32.0 Å². The second kappa shape index (κ2) is 6.06. The van der Waals surface area contributed by atoms with E-state index >= 15 is 0 Å². The normalized spacial score (nSPS) is 33.0. The minimum absolute atomic E-state index is 0.0476. The van der Waals surface area contributed by atoms with E-state index in [4.69, 9.17) is 14.0 Å². The number of ketones is 1. The first-order valence-electron chi connectivity index (χ1n) is 7.82. The Morgan fingerprint density at radius 1 is 1.29 bits per heavy atom. The summed E-state index contributed by atoms with van der Waals surface area (Å²) in [6, 6.07) is 8.87. The largest absolute Gasteiger partial charge is 0.458 e. The van der Waals surface area contributed by atoms with Gasteiger partial charge < -0.3 is 14.7 Å². The van der Waals surface area contributed by atoms with Gasteiger partial charge in [0.1, 0.15) is 16.3 Å². The minimum atomic E-state index is -1.18. The van der Waals surface area contributed by atoms with Gasteiger partial charge in [-0.2, -0.15) is 0 Å². The minimum Gasteiger partial charge on any atom is -0.458 e. The van der Waals surface area contributed by atoms with Crippen molar-refractivity contribution in [3.05, 3.63) is 30.3 Å². The SMILES string of the molecule is CC(C)C(O)C12CC(=O)C(C)(SOOc3ccccc3)C1OC2=O. The standard InChI is InChI=1S/C17H20O6S/c1-10(2)13(19)17-9-12(18)16(3,14(17)21-15(17)20)24-23-22-11-7-5-4-6-8-11/h4-8,10,13-14,19H,9H2,1-3H3. The molecule has 4 unspecified atom stereocenters. The van der Waals surface area contributed by atoms with Crippen LogP contribution in [-0.4, -0.2) is 33.8 Å². The van der Waals surface area contributed by atoms with E-state index in [1.54, 1.807) is 31.2 Å². The number of ether oxygens (including phenoxy) is 1. The molecule has 24 heavy (non-hydrogen) atoms. The lowest BCUT2D eigenvalue weighted by Crippen LogP contribution is -2.65. The van der Waals surface area contributed by atoms with Crippen LogP contribution < -0.4 is 4.89 Å². The second-order valence-electron chi connectivity index (χ2n) is 6.77. The van der Waals surface area contributed by atoms with E-state index in [0.29, 0.717) is 5.75 Å². The van der Waals surface area contributed by atoms with Crippen molar-refractivity contribution in [1.82, 2.24) is 0 Å². The quantitative estimate of drug-likeness (QED) is 0.364. The number of rotatable bonds is 6. The molecule has 1 saturated heterocycles. The van der Waals surface area contributed by atoms with E-state index in [1.807, 2.05) is 19.9 Å². The molecule has 1 aromatic rings. The fourth-order valence-electron chi connectivity index (χ4n) is 3.40. The molecule has 2 aliphatic rings. The Labute approximate surface area is 144 Å². The maximum absolute atomic E-state index is 12.6. The topological polar surface area (TPSA) is 82.1 Å². The molecule has 3 rings (SSSR count). The summed E-state index contributed by atoms with van der Waals surface area (Å²) in [4.78, 5) is 29.8. The Morgan fingerprint density at radius 2 is 1.96 bits per heavy atom. The van der Waals surface area contributed by atoms with Crippen molar-refractivity contribution >= 4 is 23.8 Å². The Morgan fingerprint density at radius 3 is 2.54 bits per heavy atom. The molecule has 0 spiro atoms. The van der Waals surface area contributed by atoms with Crippen molar-refractivity contribution in [3.8, 4) is 5.75 Å². The highest BCUT2D eigenvalue weighted by Crippen LogP contribution is 2.59. The van der Waals surface area contributed by atoms with Crippen LogP contribution in [0, 0.1) is 11.3 Å². The van der Waals surface area contributed by atoms with Gasteiger partial charge in [-0.25, -0.2) is 0 Å². The summed E-state index contributed by atoms with van der Waals surface area (Å²) in [5.41, 5.74) is -1.18. The van der Waals surface area contributed by atoms with Crippen LogP contribution in [0.5, 0.6) is 5.75 Å². The zero-order valence-corrected chi connectivity index (χ0v) is 14.5. The van der Waals surface area contributed by atoms with Crippen LogP contribution >= 0.6 is 12.0 Å². The summed E-state index contributed by atoms with van der Waals surface area (Å²) in [6.45, 7) is 5.27. The molecule has 1 aliphatic carbocycles. The van der Waals surface area contributed by atoms with E-state index < -0.39 is 28.3 Å². The van der Waals surface area contributed by atoms with Crippen molar-refractivity contribution < 1.29 is 28.7 Å². The van der Waals surface area contributed by atoms with E-state index in [2.05, 4.69) is 0 Å². The molecule has 7 heteroatoms. The Hall–Kier alpha value is -1.57. The number of carbonyl (C=O) groups excluding carboxylic acids is 2. The smallest absolute Gasteiger partial charge is 0.319 e. The molecule has 1 aliphatic heterocycles. The summed E-state index contributed by atoms with van der Waals surface area (Å²) >= 11 is 0.822. The van der Waals surface area contributed by atoms with Crippen LogP contribution in [0.4, 0.5) is 0 Å². The Balaban J connectivity index is 1.74. The number of fused-ring (bicyclic) bond motifs is 1. The molecule has 130 valence electrons. The summed E-state index contributed by atoms with van der Waals surface area (Å²) in [7, 11) is 0. The zero-order chi connectivity index (χ0) is 17.5. The number of para-hydroxylation sites is 1. The monoisotopic (exact) mass is 352 g/mol. The molecule has 0 bridgehead atoms. The molecule has 4 atom stereocenters. The molecular formula is C17H20O6S. The van der Waals surface area contributed by atoms with E-state index in [0.717, 1.165) is 12.0 Å². The van der Waals surface area contributed by atoms with Crippen LogP contribution in [0.25, 0.3) is 0 Å². The fraction of sp³-hybridized carbons (Fsp3) is 0.529. The van der Waals surface area contributed by atoms with Crippen LogP contribution in [0.3, 0.4) is 0 Å². The Kier molecular flexibility index (Phi) is 4.36. The molecule has 1 saturated carbocycles. The number of esters is 1. The van der Waals surface area contributed by atoms with Crippen molar-refractivity contribution in [1.29, 1.82) is 0 Å². The van der Waals surface area contributed by atoms with Crippen molar-refractivity contribution in [2.24, 2.45) is 11.3 Å². The van der Waals surface area contributed by atoms with Gasteiger partial charge in [-0.3, -0.25) is 9.59 Å². The summed E-state index contributed by atoms with van der Waals surface area (Å²) < 4.78 is 9.31. The third kappa shape index (κ3) is 2.42. The van der Waals surface area contributed by atoms with Gasteiger partial charge in [0.2, 0.25) is 0 Å². The molecule has 6 nitrogen and oxygen atoms in total. The fourth-order valence-corrected chi connectivity index (χ4v) is 4.16. The van der Waals surface area contributed by atoms with Crippen molar-refractivity contribution in [2.75, 3.05) is 0 Å². The number of hydrogen-bond acceptors (Lipinski definition) is 7. The van der Waals surface area contributed by atoms with Gasteiger partial charge in [0, 0.05) is 6.42 Å². The first-order chi connectivity index (χ1) is 11.3. The third-order valence-corrected chi connectivity index (χ3v) is 5.74. The average molecular weight is 352 g/mol. The number of carbonyl (C=O) groups is 2. The molecule has 0 radical (unpaired) electrons. The molecule has 1 aromatic carbocycles. The van der Waals surface area contributed by atoms with Crippen molar-refractivity contribution in [3.63, 3.8) is 0 Å². The highest BCUT2D eigenvalue weighted by molar-refractivity contribution is 7.96.